The van der Waals surface area contributed by atoms with Crippen LogP contribution in [-0.4, -0.2) is 43.6 Å². The minimum atomic E-state index is 0.675. The molecule has 0 rings (SSSR count). The minimum absolute atomic E-state index is 0.675. The molecule has 1 unspecified atom stereocenters. The molecule has 0 aromatic rings. The standard InChI is InChI=1S/C9H22N2S/c1-9(7-10)8-12-6-4-5-11(2)3/h9H,4-8,10H2,1-3H3. The highest BCUT2D eigenvalue weighted by molar-refractivity contribution is 7.99. The molecule has 0 aliphatic rings. The number of hydrogen-bond acceptors (Lipinski definition) is 3. The Morgan fingerprint density at radius 1 is 1.42 bits per heavy atom. The van der Waals surface area contributed by atoms with E-state index in [1.54, 1.807) is 0 Å². The lowest BCUT2D eigenvalue weighted by molar-refractivity contribution is 0.410. The van der Waals surface area contributed by atoms with E-state index in [-0.39, 0.29) is 0 Å². The van der Waals surface area contributed by atoms with Gasteiger partial charge in [-0.15, -0.1) is 0 Å². The zero-order chi connectivity index (χ0) is 9.40. The van der Waals surface area contributed by atoms with E-state index in [2.05, 4.69) is 25.9 Å². The SMILES string of the molecule is CC(CN)CSCCCN(C)C. The van der Waals surface area contributed by atoms with Gasteiger partial charge in [-0.05, 0) is 51.0 Å². The second kappa shape index (κ2) is 7.90. The molecule has 0 aliphatic heterocycles. The largest absolute Gasteiger partial charge is 0.330 e. The van der Waals surface area contributed by atoms with Crippen molar-refractivity contribution in [2.45, 2.75) is 13.3 Å². The van der Waals surface area contributed by atoms with E-state index in [4.69, 9.17) is 5.73 Å². The van der Waals surface area contributed by atoms with E-state index in [0.29, 0.717) is 5.92 Å². The van der Waals surface area contributed by atoms with Crippen LogP contribution in [0.3, 0.4) is 0 Å². The van der Waals surface area contributed by atoms with Crippen molar-refractivity contribution >= 4 is 11.8 Å². The Labute approximate surface area is 80.9 Å². The first-order valence-corrected chi connectivity index (χ1v) is 5.74. The van der Waals surface area contributed by atoms with Crippen LogP contribution in [0.25, 0.3) is 0 Å². The van der Waals surface area contributed by atoms with E-state index < -0.39 is 0 Å². The average Bonchev–Trinajstić information content (AvgIpc) is 2.03. The first-order chi connectivity index (χ1) is 5.66. The highest BCUT2D eigenvalue weighted by Crippen LogP contribution is 2.08. The van der Waals surface area contributed by atoms with Crippen molar-refractivity contribution in [2.75, 3.05) is 38.7 Å². The molecule has 0 heterocycles. The smallest absolute Gasteiger partial charge is 0.00170 e. The molecule has 2 N–H and O–H groups in total. The normalized spacial score (nSPS) is 13.8. The third kappa shape index (κ3) is 8.37. The lowest BCUT2D eigenvalue weighted by atomic mass is 10.2. The van der Waals surface area contributed by atoms with Crippen LogP contribution in [0.2, 0.25) is 0 Å². The zero-order valence-electron chi connectivity index (χ0n) is 8.55. The van der Waals surface area contributed by atoms with Crippen LogP contribution in [0.1, 0.15) is 13.3 Å². The maximum absolute atomic E-state index is 5.51. The van der Waals surface area contributed by atoms with Crippen LogP contribution < -0.4 is 5.73 Å². The molecule has 0 aromatic heterocycles. The summed E-state index contributed by atoms with van der Waals surface area (Å²) in [6.07, 6.45) is 1.29. The summed E-state index contributed by atoms with van der Waals surface area (Å²) in [5.74, 6) is 3.15. The van der Waals surface area contributed by atoms with Gasteiger partial charge in [0, 0.05) is 0 Å². The number of thioether (sulfide) groups is 1. The van der Waals surface area contributed by atoms with Crippen LogP contribution in [0, 0.1) is 5.92 Å². The summed E-state index contributed by atoms with van der Waals surface area (Å²) in [5.41, 5.74) is 5.51. The predicted molar refractivity (Wildman–Crippen MR) is 58.7 cm³/mol. The van der Waals surface area contributed by atoms with E-state index in [9.17, 15) is 0 Å². The van der Waals surface area contributed by atoms with Crippen LogP contribution >= 0.6 is 11.8 Å². The molecule has 0 spiro atoms. The topological polar surface area (TPSA) is 29.3 Å². The predicted octanol–water partition coefficient (Wildman–Crippen LogP) is 1.27. The maximum atomic E-state index is 5.51. The van der Waals surface area contributed by atoms with Crippen molar-refractivity contribution in [1.82, 2.24) is 4.90 Å². The third-order valence-electron chi connectivity index (χ3n) is 1.70. The molecule has 0 radical (unpaired) electrons. The molecule has 2 nitrogen and oxygen atoms in total. The van der Waals surface area contributed by atoms with E-state index in [1.165, 1.54) is 24.5 Å². The molecule has 0 aliphatic carbocycles. The summed E-state index contributed by atoms with van der Waals surface area (Å²) in [5, 5.41) is 0. The highest BCUT2D eigenvalue weighted by atomic mass is 32.2. The third-order valence-corrected chi connectivity index (χ3v) is 3.08. The minimum Gasteiger partial charge on any atom is -0.330 e. The Morgan fingerprint density at radius 2 is 2.08 bits per heavy atom. The molecule has 0 saturated carbocycles. The van der Waals surface area contributed by atoms with E-state index in [1.807, 2.05) is 11.8 Å². The first kappa shape index (κ1) is 12.3. The van der Waals surface area contributed by atoms with Gasteiger partial charge in [0.25, 0.3) is 0 Å². The van der Waals surface area contributed by atoms with Crippen molar-refractivity contribution in [3.05, 3.63) is 0 Å². The molecule has 0 aromatic carbocycles. The number of nitrogens with zero attached hydrogens (tertiary/aromatic N) is 1. The first-order valence-electron chi connectivity index (χ1n) is 4.59. The van der Waals surface area contributed by atoms with Crippen molar-refractivity contribution in [3.63, 3.8) is 0 Å². The highest BCUT2D eigenvalue weighted by Gasteiger charge is 1.98. The van der Waals surface area contributed by atoms with E-state index in [0.717, 1.165) is 6.54 Å². The molecular weight excluding hydrogens is 168 g/mol. The van der Waals surface area contributed by atoms with Gasteiger partial charge in [-0.3, -0.25) is 0 Å². The van der Waals surface area contributed by atoms with E-state index >= 15 is 0 Å². The molecule has 74 valence electrons. The van der Waals surface area contributed by atoms with Gasteiger partial charge in [0.1, 0.15) is 0 Å². The second-order valence-corrected chi connectivity index (χ2v) is 4.72. The molecule has 0 saturated heterocycles. The summed E-state index contributed by atoms with van der Waals surface area (Å²) in [6.45, 7) is 4.23. The Balaban J connectivity index is 3.00. The summed E-state index contributed by atoms with van der Waals surface area (Å²) >= 11 is 2.02. The van der Waals surface area contributed by atoms with Gasteiger partial charge in [-0.1, -0.05) is 6.92 Å². The Bertz CT molecular complexity index is 96.5. The zero-order valence-corrected chi connectivity index (χ0v) is 9.36. The summed E-state index contributed by atoms with van der Waals surface area (Å²) < 4.78 is 0. The van der Waals surface area contributed by atoms with Gasteiger partial charge < -0.3 is 10.6 Å². The Kier molecular flexibility index (Phi) is 8.07. The van der Waals surface area contributed by atoms with Gasteiger partial charge in [0.05, 0.1) is 0 Å². The monoisotopic (exact) mass is 190 g/mol. The second-order valence-electron chi connectivity index (χ2n) is 3.57. The molecule has 0 amide bonds. The summed E-state index contributed by atoms with van der Waals surface area (Å²) in [6, 6.07) is 0. The van der Waals surface area contributed by atoms with Crippen molar-refractivity contribution in [3.8, 4) is 0 Å². The van der Waals surface area contributed by atoms with Crippen LogP contribution in [0.5, 0.6) is 0 Å². The molecule has 12 heavy (non-hydrogen) atoms. The fourth-order valence-electron chi connectivity index (χ4n) is 0.835. The molecule has 1 atom stereocenters. The average molecular weight is 190 g/mol. The Hall–Kier alpha value is 0.270. The number of rotatable bonds is 7. The summed E-state index contributed by atoms with van der Waals surface area (Å²) in [4.78, 5) is 2.23. The lowest BCUT2D eigenvalue weighted by Crippen LogP contribution is -2.15. The van der Waals surface area contributed by atoms with Gasteiger partial charge in [0.2, 0.25) is 0 Å². The summed E-state index contributed by atoms with van der Waals surface area (Å²) in [7, 11) is 4.24. The molecule has 0 fully saturated rings. The van der Waals surface area contributed by atoms with Gasteiger partial charge in [0.15, 0.2) is 0 Å². The van der Waals surface area contributed by atoms with Crippen LogP contribution in [-0.2, 0) is 0 Å². The molecule has 0 bridgehead atoms. The fourth-order valence-corrected chi connectivity index (χ4v) is 1.87. The van der Waals surface area contributed by atoms with Crippen molar-refractivity contribution < 1.29 is 0 Å². The maximum Gasteiger partial charge on any atom is -0.00170 e. The quantitative estimate of drug-likeness (QED) is 0.613. The number of hydrogen-bond donors (Lipinski definition) is 1. The van der Waals surface area contributed by atoms with Gasteiger partial charge in [-0.2, -0.15) is 11.8 Å². The van der Waals surface area contributed by atoms with Crippen LogP contribution in [0.4, 0.5) is 0 Å². The van der Waals surface area contributed by atoms with Crippen LogP contribution in [0.15, 0.2) is 0 Å². The molecule has 3 heteroatoms. The number of nitrogens with two attached hydrogens (primary N) is 1. The van der Waals surface area contributed by atoms with Gasteiger partial charge in [-0.25, -0.2) is 0 Å². The fraction of sp³-hybridized carbons (Fsp3) is 1.00. The Morgan fingerprint density at radius 3 is 2.58 bits per heavy atom. The lowest BCUT2D eigenvalue weighted by Gasteiger charge is -2.10. The molecular formula is C9H22N2S. The van der Waals surface area contributed by atoms with Crippen molar-refractivity contribution in [1.29, 1.82) is 0 Å². The van der Waals surface area contributed by atoms with Gasteiger partial charge >= 0.3 is 0 Å². The van der Waals surface area contributed by atoms with Crippen molar-refractivity contribution in [2.24, 2.45) is 11.7 Å².